The first-order valence-corrected chi connectivity index (χ1v) is 10.6. The maximum absolute atomic E-state index is 13.4. The molecule has 4 nitrogen and oxygen atoms in total. The first-order chi connectivity index (χ1) is 15.3. The summed E-state index contributed by atoms with van der Waals surface area (Å²) in [5, 5.41) is 3.21. The van der Waals surface area contributed by atoms with E-state index in [1.165, 1.54) is 17.0 Å². The second-order valence-electron chi connectivity index (χ2n) is 8.20. The molecule has 1 aliphatic heterocycles. The highest BCUT2D eigenvalue weighted by Gasteiger charge is 2.39. The quantitative estimate of drug-likeness (QED) is 0.550. The van der Waals surface area contributed by atoms with E-state index < -0.39 is 0 Å². The average Bonchev–Trinajstić information content (AvgIpc) is 2.97. The van der Waals surface area contributed by atoms with Crippen molar-refractivity contribution in [2.45, 2.75) is 27.2 Å². The molecule has 0 aliphatic carbocycles. The van der Waals surface area contributed by atoms with Gasteiger partial charge in [-0.15, -0.1) is 0 Å². The summed E-state index contributed by atoms with van der Waals surface area (Å²) in [6.07, 6.45) is 0.454. The Bertz CT molecular complexity index is 1230. The molecule has 32 heavy (non-hydrogen) atoms. The van der Waals surface area contributed by atoms with Crippen LogP contribution in [0.1, 0.15) is 27.8 Å². The molecular formula is C27H25FN2O2. The third-order valence-corrected chi connectivity index (χ3v) is 5.64. The van der Waals surface area contributed by atoms with Crippen LogP contribution >= 0.6 is 0 Å². The molecule has 3 aromatic rings. The Hall–Kier alpha value is -3.73. The number of carbonyl (C=O) groups is 2. The highest BCUT2D eigenvalue weighted by atomic mass is 19.1. The lowest BCUT2D eigenvalue weighted by molar-refractivity contribution is -0.136. The van der Waals surface area contributed by atoms with Crippen molar-refractivity contribution in [2.24, 2.45) is 0 Å². The number of hydrogen-bond acceptors (Lipinski definition) is 3. The molecule has 0 fully saturated rings. The van der Waals surface area contributed by atoms with E-state index in [2.05, 4.69) is 5.32 Å². The lowest BCUT2D eigenvalue weighted by Gasteiger charge is -2.15. The molecule has 1 N–H and O–H groups in total. The number of carbonyl (C=O) groups excluding carboxylic acids is 2. The van der Waals surface area contributed by atoms with Gasteiger partial charge >= 0.3 is 0 Å². The van der Waals surface area contributed by atoms with Crippen molar-refractivity contribution in [3.8, 4) is 0 Å². The number of hydrogen-bond donors (Lipinski definition) is 1. The second-order valence-corrected chi connectivity index (χ2v) is 8.20. The summed E-state index contributed by atoms with van der Waals surface area (Å²) in [5.74, 6) is -0.988. The van der Waals surface area contributed by atoms with Crippen LogP contribution in [0.3, 0.4) is 0 Å². The Morgan fingerprint density at radius 2 is 1.56 bits per heavy atom. The van der Waals surface area contributed by atoms with Gasteiger partial charge in [-0.25, -0.2) is 4.39 Å². The molecule has 1 aliphatic rings. The number of anilines is 1. The molecule has 0 saturated heterocycles. The van der Waals surface area contributed by atoms with Gasteiger partial charge in [-0.1, -0.05) is 48.0 Å². The lowest BCUT2D eigenvalue weighted by Crippen LogP contribution is -2.34. The number of benzene rings is 3. The Kier molecular flexibility index (Phi) is 5.91. The smallest absolute Gasteiger partial charge is 0.278 e. The van der Waals surface area contributed by atoms with Crippen LogP contribution in [0.2, 0.25) is 0 Å². The van der Waals surface area contributed by atoms with Gasteiger partial charge in [0.15, 0.2) is 0 Å². The van der Waals surface area contributed by atoms with Crippen molar-refractivity contribution in [2.75, 3.05) is 11.9 Å². The number of nitrogens with zero attached hydrogens (tertiary/aromatic N) is 1. The van der Waals surface area contributed by atoms with E-state index >= 15 is 0 Å². The van der Waals surface area contributed by atoms with Gasteiger partial charge in [-0.2, -0.15) is 0 Å². The molecule has 0 aromatic heterocycles. The molecule has 0 bridgehead atoms. The summed E-state index contributed by atoms with van der Waals surface area (Å²) in [4.78, 5) is 28.1. The molecule has 1 heterocycles. The zero-order valence-electron chi connectivity index (χ0n) is 18.4. The minimum atomic E-state index is -0.353. The van der Waals surface area contributed by atoms with Gasteiger partial charge < -0.3 is 5.32 Å². The zero-order chi connectivity index (χ0) is 22.8. The van der Waals surface area contributed by atoms with Gasteiger partial charge in [0.25, 0.3) is 11.8 Å². The molecule has 0 radical (unpaired) electrons. The number of rotatable bonds is 6. The van der Waals surface area contributed by atoms with Crippen molar-refractivity contribution in [1.82, 2.24) is 4.90 Å². The van der Waals surface area contributed by atoms with Crippen LogP contribution in [-0.4, -0.2) is 23.3 Å². The number of aryl methyl sites for hydroxylation is 3. The monoisotopic (exact) mass is 428 g/mol. The Morgan fingerprint density at radius 1 is 0.844 bits per heavy atom. The molecule has 0 saturated carbocycles. The third kappa shape index (κ3) is 4.33. The molecule has 0 spiro atoms. The van der Waals surface area contributed by atoms with Crippen LogP contribution in [0.4, 0.5) is 10.1 Å². The van der Waals surface area contributed by atoms with E-state index in [-0.39, 0.29) is 29.9 Å². The third-order valence-electron chi connectivity index (χ3n) is 5.64. The normalized spacial score (nSPS) is 13.8. The summed E-state index contributed by atoms with van der Waals surface area (Å²) >= 11 is 0. The first kappa shape index (κ1) is 21.5. The van der Waals surface area contributed by atoms with E-state index in [9.17, 15) is 14.0 Å². The predicted molar refractivity (Wildman–Crippen MR) is 124 cm³/mol. The number of nitrogens with one attached hydrogen (secondary N) is 1. The lowest BCUT2D eigenvalue weighted by atomic mass is 9.97. The van der Waals surface area contributed by atoms with Crippen LogP contribution in [-0.2, 0) is 16.0 Å². The van der Waals surface area contributed by atoms with Crippen LogP contribution in [0.25, 0.3) is 5.57 Å². The van der Waals surface area contributed by atoms with Crippen LogP contribution < -0.4 is 5.32 Å². The number of amides is 2. The fraction of sp³-hybridized carbons (Fsp3) is 0.185. The van der Waals surface area contributed by atoms with Crippen LogP contribution in [0, 0.1) is 26.6 Å². The Morgan fingerprint density at radius 3 is 2.25 bits per heavy atom. The van der Waals surface area contributed by atoms with E-state index in [1.54, 1.807) is 12.1 Å². The molecular weight excluding hydrogens is 403 g/mol. The summed E-state index contributed by atoms with van der Waals surface area (Å²) < 4.78 is 13.2. The van der Waals surface area contributed by atoms with E-state index in [0.717, 1.165) is 33.5 Å². The van der Waals surface area contributed by atoms with Crippen molar-refractivity contribution in [1.29, 1.82) is 0 Å². The van der Waals surface area contributed by atoms with Gasteiger partial charge in [-0.3, -0.25) is 14.5 Å². The molecule has 0 unspecified atom stereocenters. The van der Waals surface area contributed by atoms with Crippen molar-refractivity contribution in [3.05, 3.63) is 106 Å². The van der Waals surface area contributed by atoms with Crippen molar-refractivity contribution < 1.29 is 14.0 Å². The fourth-order valence-corrected chi connectivity index (χ4v) is 4.00. The van der Waals surface area contributed by atoms with Gasteiger partial charge in [-0.05, 0) is 73.7 Å². The molecule has 3 aromatic carbocycles. The first-order valence-electron chi connectivity index (χ1n) is 10.6. The number of imide groups is 1. The highest BCUT2D eigenvalue weighted by Crippen LogP contribution is 2.32. The van der Waals surface area contributed by atoms with E-state index in [0.29, 0.717) is 12.0 Å². The zero-order valence-corrected chi connectivity index (χ0v) is 18.4. The van der Waals surface area contributed by atoms with E-state index in [4.69, 9.17) is 0 Å². The maximum atomic E-state index is 13.4. The largest absolute Gasteiger partial charge is 0.350 e. The number of halogens is 1. The topological polar surface area (TPSA) is 49.4 Å². The predicted octanol–water partition coefficient (Wildman–Crippen LogP) is 5.19. The summed E-state index contributed by atoms with van der Waals surface area (Å²) in [7, 11) is 0. The highest BCUT2D eigenvalue weighted by molar-refractivity contribution is 6.36. The van der Waals surface area contributed by atoms with Crippen LogP contribution in [0.15, 0.2) is 72.4 Å². The van der Waals surface area contributed by atoms with Crippen molar-refractivity contribution in [3.63, 3.8) is 0 Å². The van der Waals surface area contributed by atoms with Gasteiger partial charge in [0, 0.05) is 12.2 Å². The van der Waals surface area contributed by atoms with Gasteiger partial charge in [0.1, 0.15) is 11.5 Å². The minimum Gasteiger partial charge on any atom is -0.350 e. The SMILES string of the molecule is Cc1cccc(NC2=C(c3ccc(C)cc3C)C(=O)N(CCc3ccc(F)cc3)C2=O)c1. The summed E-state index contributed by atoms with van der Waals surface area (Å²) in [5.41, 5.74) is 6.10. The summed E-state index contributed by atoms with van der Waals surface area (Å²) in [6, 6.07) is 19.6. The molecule has 4 rings (SSSR count). The minimum absolute atomic E-state index is 0.219. The fourth-order valence-electron chi connectivity index (χ4n) is 4.00. The Labute approximate surface area is 187 Å². The maximum Gasteiger partial charge on any atom is 0.278 e. The second kappa shape index (κ2) is 8.79. The van der Waals surface area contributed by atoms with Gasteiger partial charge in [0.05, 0.1) is 5.57 Å². The molecule has 0 atom stereocenters. The average molecular weight is 429 g/mol. The molecule has 2 amide bonds. The van der Waals surface area contributed by atoms with E-state index in [1.807, 2.05) is 63.2 Å². The standard InChI is InChI=1S/C27H25FN2O2/c1-17-5-4-6-22(16-17)29-25-24(23-12-7-18(2)15-19(23)3)26(31)30(27(25)32)14-13-20-8-10-21(28)11-9-20/h4-12,15-16,29H,13-14H2,1-3H3. The van der Waals surface area contributed by atoms with Crippen LogP contribution in [0.5, 0.6) is 0 Å². The van der Waals surface area contributed by atoms with Gasteiger partial charge in [0.2, 0.25) is 0 Å². The summed E-state index contributed by atoms with van der Waals surface area (Å²) in [6.45, 7) is 6.13. The molecule has 162 valence electrons. The molecule has 5 heteroatoms. The van der Waals surface area contributed by atoms with Crippen molar-refractivity contribution >= 4 is 23.1 Å². The Balaban J connectivity index is 1.69.